The fourth-order valence-electron chi connectivity index (χ4n) is 1.59. The quantitative estimate of drug-likeness (QED) is 0.702. The molecule has 0 unspecified atom stereocenters. The maximum atomic E-state index is 13.1. The van der Waals surface area contributed by atoms with Gasteiger partial charge in [-0.25, -0.2) is 4.39 Å². The average Bonchev–Trinajstić information content (AvgIpc) is 2.76. The second kappa shape index (κ2) is 4.03. The molecule has 0 amide bonds. The average molecular weight is 244 g/mol. The molecule has 0 spiro atoms. The van der Waals surface area contributed by atoms with E-state index in [1.807, 2.05) is 12.1 Å². The number of hydrogen-bond acceptors (Lipinski definition) is 4. The van der Waals surface area contributed by atoms with Crippen LogP contribution in [0.1, 0.15) is 0 Å². The Balaban J connectivity index is 1.98. The van der Waals surface area contributed by atoms with Crippen LogP contribution in [0.15, 0.2) is 46.9 Å². The van der Waals surface area contributed by atoms with Crippen molar-refractivity contribution in [2.45, 2.75) is 0 Å². The molecule has 0 fully saturated rings. The lowest BCUT2D eigenvalue weighted by atomic mass is 10.3. The minimum atomic E-state index is -0.435. The molecular weight excluding hydrogens is 235 g/mol. The van der Waals surface area contributed by atoms with Crippen molar-refractivity contribution in [2.24, 2.45) is 0 Å². The van der Waals surface area contributed by atoms with E-state index in [0.29, 0.717) is 16.8 Å². The van der Waals surface area contributed by atoms with Crippen LogP contribution in [0.5, 0.6) is 11.8 Å². The second-order valence-corrected chi connectivity index (χ2v) is 3.73. The van der Waals surface area contributed by atoms with Gasteiger partial charge in [0, 0.05) is 6.07 Å². The summed E-state index contributed by atoms with van der Waals surface area (Å²) >= 11 is 0. The van der Waals surface area contributed by atoms with Crippen molar-refractivity contribution in [1.82, 2.24) is 4.98 Å². The summed E-state index contributed by atoms with van der Waals surface area (Å²) in [6, 6.07) is 11.1. The number of fused-ring (bicyclic) bond motifs is 1. The van der Waals surface area contributed by atoms with Crippen LogP contribution in [0.2, 0.25) is 0 Å². The normalized spacial score (nSPS) is 10.7. The van der Waals surface area contributed by atoms with Crippen molar-refractivity contribution in [3.63, 3.8) is 0 Å². The largest absolute Gasteiger partial charge is 0.409 e. The molecule has 2 N–H and O–H groups in total. The van der Waals surface area contributed by atoms with E-state index in [-0.39, 0.29) is 11.8 Å². The summed E-state index contributed by atoms with van der Waals surface area (Å²) in [5, 5.41) is 0. The number of hydrogen-bond donors (Lipinski definition) is 1. The van der Waals surface area contributed by atoms with E-state index >= 15 is 0 Å². The molecule has 0 saturated heterocycles. The number of nitrogen functional groups attached to an aromatic ring is 1. The molecule has 0 atom stereocenters. The molecule has 18 heavy (non-hydrogen) atoms. The topological polar surface area (TPSA) is 61.3 Å². The molecule has 2 aromatic carbocycles. The first-order chi connectivity index (χ1) is 8.72. The van der Waals surface area contributed by atoms with Gasteiger partial charge in [-0.2, -0.15) is 4.98 Å². The van der Waals surface area contributed by atoms with E-state index in [1.54, 1.807) is 12.1 Å². The number of anilines is 1. The lowest BCUT2D eigenvalue weighted by Gasteiger charge is -2.03. The van der Waals surface area contributed by atoms with Gasteiger partial charge in [-0.15, -0.1) is 0 Å². The third-order valence-corrected chi connectivity index (χ3v) is 2.45. The van der Waals surface area contributed by atoms with Crippen molar-refractivity contribution < 1.29 is 13.5 Å². The predicted octanol–water partition coefficient (Wildman–Crippen LogP) is 3.34. The van der Waals surface area contributed by atoms with Crippen LogP contribution in [-0.4, -0.2) is 4.98 Å². The first-order valence-electron chi connectivity index (χ1n) is 5.31. The van der Waals surface area contributed by atoms with Crippen LogP contribution < -0.4 is 10.5 Å². The van der Waals surface area contributed by atoms with Crippen LogP contribution in [0.4, 0.5) is 10.1 Å². The highest BCUT2D eigenvalue weighted by molar-refractivity contribution is 5.72. The Morgan fingerprint density at radius 2 is 2.00 bits per heavy atom. The molecule has 0 bridgehead atoms. The van der Waals surface area contributed by atoms with Crippen molar-refractivity contribution >= 4 is 16.8 Å². The summed E-state index contributed by atoms with van der Waals surface area (Å²) in [5.74, 6) is -0.253. The number of nitrogens with zero attached hydrogens (tertiary/aromatic N) is 1. The molecular formula is C13H9FN2O2. The fraction of sp³-hybridized carbons (Fsp3) is 0. The van der Waals surface area contributed by atoms with Gasteiger partial charge in [0.05, 0.1) is 5.69 Å². The van der Waals surface area contributed by atoms with Crippen molar-refractivity contribution in [1.29, 1.82) is 0 Å². The Morgan fingerprint density at radius 1 is 1.17 bits per heavy atom. The lowest BCUT2D eigenvalue weighted by molar-refractivity contribution is 0.343. The standard InChI is InChI=1S/C13H9FN2O2/c14-8-5-6-9(15)12(7-8)18-13-16-10-3-1-2-4-11(10)17-13/h1-7H,15H2. The second-order valence-electron chi connectivity index (χ2n) is 3.73. The maximum Gasteiger partial charge on any atom is 0.400 e. The van der Waals surface area contributed by atoms with Gasteiger partial charge in [0.15, 0.2) is 11.3 Å². The van der Waals surface area contributed by atoms with Crippen LogP contribution in [0, 0.1) is 5.82 Å². The Bertz CT molecular complexity index is 676. The van der Waals surface area contributed by atoms with E-state index < -0.39 is 5.82 Å². The van der Waals surface area contributed by atoms with Crippen LogP contribution >= 0.6 is 0 Å². The molecule has 0 radical (unpaired) electrons. The number of aromatic nitrogens is 1. The van der Waals surface area contributed by atoms with Crippen LogP contribution in [-0.2, 0) is 0 Å². The number of para-hydroxylation sites is 2. The first-order valence-corrected chi connectivity index (χ1v) is 5.31. The van der Waals surface area contributed by atoms with E-state index in [2.05, 4.69) is 4.98 Å². The minimum absolute atomic E-state index is 0.0356. The molecule has 4 nitrogen and oxygen atoms in total. The van der Waals surface area contributed by atoms with Gasteiger partial charge < -0.3 is 14.9 Å². The van der Waals surface area contributed by atoms with Crippen LogP contribution in [0.3, 0.4) is 0 Å². The Labute approximate surface area is 102 Å². The van der Waals surface area contributed by atoms with Gasteiger partial charge in [0.2, 0.25) is 0 Å². The molecule has 0 aliphatic rings. The third-order valence-electron chi connectivity index (χ3n) is 2.45. The zero-order chi connectivity index (χ0) is 12.5. The summed E-state index contributed by atoms with van der Waals surface area (Å²) in [5.41, 5.74) is 7.26. The fourth-order valence-corrected chi connectivity index (χ4v) is 1.59. The number of benzene rings is 2. The number of ether oxygens (including phenoxy) is 1. The Morgan fingerprint density at radius 3 is 2.83 bits per heavy atom. The number of halogens is 1. The minimum Gasteiger partial charge on any atom is -0.409 e. The molecule has 3 aromatic rings. The summed E-state index contributed by atoms with van der Waals surface area (Å²) in [7, 11) is 0. The number of rotatable bonds is 2. The molecule has 1 aromatic heterocycles. The van der Waals surface area contributed by atoms with E-state index in [0.717, 1.165) is 0 Å². The monoisotopic (exact) mass is 244 g/mol. The Kier molecular flexibility index (Phi) is 2.37. The maximum absolute atomic E-state index is 13.1. The molecule has 0 aliphatic heterocycles. The van der Waals surface area contributed by atoms with Gasteiger partial charge in [-0.1, -0.05) is 12.1 Å². The highest BCUT2D eigenvalue weighted by Crippen LogP contribution is 2.29. The lowest BCUT2D eigenvalue weighted by Crippen LogP contribution is -1.92. The number of oxazole rings is 1. The van der Waals surface area contributed by atoms with Gasteiger partial charge in [0.25, 0.3) is 0 Å². The van der Waals surface area contributed by atoms with Gasteiger partial charge >= 0.3 is 6.08 Å². The van der Waals surface area contributed by atoms with Crippen molar-refractivity contribution in [3.8, 4) is 11.8 Å². The molecule has 3 rings (SSSR count). The first kappa shape index (κ1) is 10.6. The SMILES string of the molecule is Nc1ccc(F)cc1Oc1nc2ccccc2o1. The van der Waals surface area contributed by atoms with Crippen molar-refractivity contribution in [3.05, 3.63) is 48.3 Å². The van der Waals surface area contributed by atoms with E-state index in [4.69, 9.17) is 14.9 Å². The van der Waals surface area contributed by atoms with E-state index in [9.17, 15) is 4.39 Å². The zero-order valence-electron chi connectivity index (χ0n) is 9.26. The molecule has 5 heteroatoms. The predicted molar refractivity (Wildman–Crippen MR) is 64.9 cm³/mol. The summed E-state index contributed by atoms with van der Waals surface area (Å²) < 4.78 is 23.8. The summed E-state index contributed by atoms with van der Waals surface area (Å²) in [6.45, 7) is 0. The third kappa shape index (κ3) is 1.86. The van der Waals surface area contributed by atoms with Crippen molar-refractivity contribution in [2.75, 3.05) is 5.73 Å². The smallest absolute Gasteiger partial charge is 0.400 e. The van der Waals surface area contributed by atoms with E-state index in [1.165, 1.54) is 18.2 Å². The molecule has 0 saturated carbocycles. The molecule has 1 heterocycles. The highest BCUT2D eigenvalue weighted by Gasteiger charge is 2.10. The molecule has 90 valence electrons. The zero-order valence-corrected chi connectivity index (χ0v) is 9.26. The number of nitrogens with two attached hydrogens (primary N) is 1. The summed E-state index contributed by atoms with van der Waals surface area (Å²) in [6.07, 6.45) is 0.0356. The van der Waals surface area contributed by atoms with Gasteiger partial charge in [-0.05, 0) is 24.3 Å². The van der Waals surface area contributed by atoms with Crippen LogP contribution in [0.25, 0.3) is 11.1 Å². The highest BCUT2D eigenvalue weighted by atomic mass is 19.1. The summed E-state index contributed by atoms with van der Waals surface area (Å²) in [4.78, 5) is 4.11. The Hall–Kier alpha value is -2.56. The van der Waals surface area contributed by atoms with Gasteiger partial charge in [-0.3, -0.25) is 0 Å². The van der Waals surface area contributed by atoms with Gasteiger partial charge in [0.1, 0.15) is 11.3 Å². The molecule has 0 aliphatic carbocycles.